The van der Waals surface area contributed by atoms with E-state index < -0.39 is 11.3 Å². The van der Waals surface area contributed by atoms with Gasteiger partial charge in [-0.1, -0.05) is 29.8 Å². The van der Waals surface area contributed by atoms with E-state index in [1.54, 1.807) is 4.90 Å². The van der Waals surface area contributed by atoms with Crippen LogP contribution in [-0.4, -0.2) is 29.8 Å². The van der Waals surface area contributed by atoms with Crippen molar-refractivity contribution in [3.05, 3.63) is 35.4 Å². The van der Waals surface area contributed by atoms with Crippen molar-refractivity contribution < 1.29 is 13.6 Å². The first kappa shape index (κ1) is 13.5. The Kier molecular flexibility index (Phi) is 3.07. The van der Waals surface area contributed by atoms with Gasteiger partial charge in [-0.3, -0.25) is 4.79 Å². The van der Waals surface area contributed by atoms with Crippen LogP contribution in [0.15, 0.2) is 24.3 Å². The number of carbonyl (C=O) groups is 1. The summed E-state index contributed by atoms with van der Waals surface area (Å²) in [6.07, 6.45) is 1.27. The van der Waals surface area contributed by atoms with Crippen molar-refractivity contribution in [2.24, 2.45) is 5.41 Å². The van der Waals surface area contributed by atoms with Crippen LogP contribution in [0.5, 0.6) is 0 Å². The Morgan fingerprint density at radius 2 is 1.95 bits per heavy atom. The molecule has 0 bridgehead atoms. The van der Waals surface area contributed by atoms with Crippen molar-refractivity contribution in [1.29, 1.82) is 0 Å². The number of benzene rings is 1. The van der Waals surface area contributed by atoms with Gasteiger partial charge in [-0.05, 0) is 25.3 Å². The van der Waals surface area contributed by atoms with Crippen molar-refractivity contribution in [2.75, 3.05) is 13.1 Å². The molecule has 1 aromatic rings. The maximum Gasteiger partial charge on any atom is 0.254 e. The van der Waals surface area contributed by atoms with Gasteiger partial charge < -0.3 is 4.90 Å². The van der Waals surface area contributed by atoms with Crippen molar-refractivity contribution in [3.63, 3.8) is 0 Å². The van der Waals surface area contributed by atoms with Crippen LogP contribution in [0.3, 0.4) is 0 Å². The maximum atomic E-state index is 13.3. The van der Waals surface area contributed by atoms with Gasteiger partial charge in [0.05, 0.1) is 6.42 Å². The van der Waals surface area contributed by atoms with Crippen molar-refractivity contribution in [3.8, 4) is 0 Å². The van der Waals surface area contributed by atoms with Crippen LogP contribution in [0.25, 0.3) is 0 Å². The summed E-state index contributed by atoms with van der Waals surface area (Å²) in [5.74, 6) is -2.44. The van der Waals surface area contributed by atoms with Crippen LogP contribution < -0.4 is 0 Å². The van der Waals surface area contributed by atoms with Gasteiger partial charge in [0.25, 0.3) is 5.92 Å². The Morgan fingerprint density at radius 1 is 1.30 bits per heavy atom. The molecule has 0 unspecified atom stereocenters. The number of hydrogen-bond acceptors (Lipinski definition) is 1. The predicted molar refractivity (Wildman–Crippen MR) is 72.7 cm³/mol. The number of halogens is 2. The number of amides is 1. The topological polar surface area (TPSA) is 20.3 Å². The lowest BCUT2D eigenvalue weighted by molar-refractivity contribution is -0.132. The zero-order valence-electron chi connectivity index (χ0n) is 11.7. The van der Waals surface area contributed by atoms with E-state index in [1.165, 1.54) is 0 Å². The van der Waals surface area contributed by atoms with Crippen LogP contribution in [0.2, 0.25) is 0 Å². The molecule has 0 radical (unpaired) electrons. The minimum Gasteiger partial charge on any atom is -0.342 e. The SMILES string of the molecule is Cc1cccc(CC(=O)N2CCC3(CC2)CC3(F)F)c1. The third-order valence-electron chi connectivity index (χ3n) is 4.72. The van der Waals surface area contributed by atoms with Gasteiger partial charge in [-0.2, -0.15) is 0 Å². The summed E-state index contributed by atoms with van der Waals surface area (Å²) in [5.41, 5.74) is 1.34. The first-order valence-electron chi connectivity index (χ1n) is 7.13. The van der Waals surface area contributed by atoms with Gasteiger partial charge >= 0.3 is 0 Å². The van der Waals surface area contributed by atoms with E-state index in [4.69, 9.17) is 0 Å². The van der Waals surface area contributed by atoms with E-state index in [9.17, 15) is 13.6 Å². The molecule has 3 rings (SSSR count). The van der Waals surface area contributed by atoms with E-state index in [1.807, 2.05) is 31.2 Å². The van der Waals surface area contributed by atoms with Crippen LogP contribution >= 0.6 is 0 Å². The Bertz CT molecular complexity index is 533. The molecular weight excluding hydrogens is 260 g/mol. The van der Waals surface area contributed by atoms with Gasteiger partial charge in [0, 0.05) is 24.9 Å². The summed E-state index contributed by atoms with van der Waals surface area (Å²) in [6, 6.07) is 7.87. The number of rotatable bonds is 2. The Labute approximate surface area is 117 Å². The summed E-state index contributed by atoms with van der Waals surface area (Å²) < 4.78 is 26.6. The highest BCUT2D eigenvalue weighted by Crippen LogP contribution is 2.65. The van der Waals surface area contributed by atoms with Gasteiger partial charge in [0.15, 0.2) is 0 Å². The summed E-state index contributed by atoms with van der Waals surface area (Å²) >= 11 is 0. The fourth-order valence-corrected chi connectivity index (χ4v) is 3.22. The second-order valence-electron chi connectivity index (χ2n) is 6.21. The van der Waals surface area contributed by atoms with E-state index in [-0.39, 0.29) is 12.3 Å². The Hall–Kier alpha value is -1.45. The molecule has 1 aliphatic carbocycles. The summed E-state index contributed by atoms with van der Waals surface area (Å²) in [5, 5.41) is 0. The second kappa shape index (κ2) is 4.54. The second-order valence-corrected chi connectivity index (χ2v) is 6.21. The van der Waals surface area contributed by atoms with Gasteiger partial charge in [0.1, 0.15) is 0 Å². The normalized spacial score (nSPS) is 22.9. The minimum absolute atomic E-state index is 0.0138. The molecule has 1 saturated heterocycles. The lowest BCUT2D eigenvalue weighted by Gasteiger charge is -2.32. The molecule has 2 nitrogen and oxygen atoms in total. The summed E-state index contributed by atoms with van der Waals surface area (Å²) in [6.45, 7) is 2.94. The molecule has 1 amide bonds. The lowest BCUT2D eigenvalue weighted by Crippen LogP contribution is -2.41. The van der Waals surface area contributed by atoms with Crippen LogP contribution in [-0.2, 0) is 11.2 Å². The number of likely N-dealkylation sites (tertiary alicyclic amines) is 1. The highest BCUT2D eigenvalue weighted by molar-refractivity contribution is 5.79. The van der Waals surface area contributed by atoms with Crippen LogP contribution in [0, 0.1) is 12.3 Å². The highest BCUT2D eigenvalue weighted by atomic mass is 19.3. The van der Waals surface area contributed by atoms with Crippen molar-refractivity contribution >= 4 is 5.91 Å². The van der Waals surface area contributed by atoms with E-state index in [2.05, 4.69) is 0 Å². The average Bonchev–Trinajstić information content (AvgIpc) is 2.90. The molecular formula is C16H19F2NO. The average molecular weight is 279 g/mol. The van der Waals surface area contributed by atoms with Crippen molar-refractivity contribution in [1.82, 2.24) is 4.90 Å². The van der Waals surface area contributed by atoms with Gasteiger partial charge in [-0.15, -0.1) is 0 Å². The highest BCUT2D eigenvalue weighted by Gasteiger charge is 2.70. The van der Waals surface area contributed by atoms with E-state index in [0.29, 0.717) is 32.4 Å². The van der Waals surface area contributed by atoms with E-state index in [0.717, 1.165) is 11.1 Å². The Balaban J connectivity index is 1.57. The molecule has 0 N–H and O–H groups in total. The largest absolute Gasteiger partial charge is 0.342 e. The Morgan fingerprint density at radius 3 is 2.50 bits per heavy atom. The molecule has 2 fully saturated rings. The third kappa shape index (κ3) is 2.32. The maximum absolute atomic E-state index is 13.3. The standard InChI is InChI=1S/C16H19F2NO/c1-12-3-2-4-13(9-12)10-14(20)19-7-5-15(6-8-19)11-16(15,17)18/h2-4,9H,5-8,10-11H2,1H3. The molecule has 0 atom stereocenters. The number of piperidine rings is 1. The van der Waals surface area contributed by atoms with Crippen LogP contribution in [0.4, 0.5) is 8.78 Å². The molecule has 1 saturated carbocycles. The number of hydrogen-bond donors (Lipinski definition) is 0. The lowest BCUT2D eigenvalue weighted by atomic mass is 9.92. The number of nitrogens with zero attached hydrogens (tertiary/aromatic N) is 1. The fourth-order valence-electron chi connectivity index (χ4n) is 3.22. The molecule has 2 aliphatic rings. The number of aryl methyl sites for hydroxylation is 1. The summed E-state index contributed by atoms with van der Waals surface area (Å²) in [4.78, 5) is 13.9. The predicted octanol–water partition coefficient (Wildman–Crippen LogP) is 3.19. The number of alkyl halides is 2. The molecule has 20 heavy (non-hydrogen) atoms. The first-order chi connectivity index (χ1) is 9.42. The zero-order chi connectivity index (χ0) is 14.4. The van der Waals surface area contributed by atoms with Crippen molar-refractivity contribution in [2.45, 2.75) is 38.5 Å². The van der Waals surface area contributed by atoms with Gasteiger partial charge in [0.2, 0.25) is 5.91 Å². The zero-order valence-corrected chi connectivity index (χ0v) is 11.7. The first-order valence-corrected chi connectivity index (χ1v) is 7.13. The molecule has 1 aromatic carbocycles. The molecule has 1 spiro atoms. The number of carbonyl (C=O) groups excluding carboxylic acids is 1. The quantitative estimate of drug-likeness (QED) is 0.814. The molecule has 1 aliphatic heterocycles. The molecule has 1 heterocycles. The molecule has 0 aromatic heterocycles. The smallest absolute Gasteiger partial charge is 0.254 e. The van der Waals surface area contributed by atoms with Crippen LogP contribution in [0.1, 0.15) is 30.4 Å². The molecule has 108 valence electrons. The van der Waals surface area contributed by atoms with Gasteiger partial charge in [-0.25, -0.2) is 8.78 Å². The minimum atomic E-state index is -2.49. The fraction of sp³-hybridized carbons (Fsp3) is 0.562. The third-order valence-corrected chi connectivity index (χ3v) is 4.72. The summed E-state index contributed by atoms with van der Waals surface area (Å²) in [7, 11) is 0. The monoisotopic (exact) mass is 279 g/mol. The van der Waals surface area contributed by atoms with E-state index >= 15 is 0 Å². The molecule has 4 heteroatoms.